The van der Waals surface area contributed by atoms with E-state index in [1.165, 1.54) is 5.56 Å². The number of benzene rings is 2. The van der Waals surface area contributed by atoms with Gasteiger partial charge in [-0.1, -0.05) is 23.7 Å². The van der Waals surface area contributed by atoms with Crippen molar-refractivity contribution < 1.29 is 9.47 Å². The van der Waals surface area contributed by atoms with Crippen LogP contribution in [-0.4, -0.2) is 34.6 Å². The number of hydrogen-bond donors (Lipinski definition) is 0. The van der Waals surface area contributed by atoms with E-state index in [2.05, 4.69) is 16.0 Å². The van der Waals surface area contributed by atoms with Crippen LogP contribution in [0.4, 0.5) is 0 Å². The quantitative estimate of drug-likeness (QED) is 0.525. The minimum Gasteiger partial charge on any atom is -0.490 e. The zero-order valence-electron chi connectivity index (χ0n) is 17.4. The second-order valence-corrected chi connectivity index (χ2v) is 7.68. The fraction of sp³-hybridized carbons (Fsp3) is 0.333. The molecule has 0 atom stereocenters. The Morgan fingerprint density at radius 2 is 1.83 bits per heavy atom. The Morgan fingerprint density at radius 3 is 2.60 bits per heavy atom. The molecule has 2 aromatic carbocycles. The second kappa shape index (κ2) is 9.45. The summed E-state index contributed by atoms with van der Waals surface area (Å²) in [4.78, 5) is 11.8. The third-order valence-electron chi connectivity index (χ3n) is 5.16. The van der Waals surface area contributed by atoms with Crippen molar-refractivity contribution in [2.24, 2.45) is 0 Å². The van der Waals surface area contributed by atoms with Crippen LogP contribution in [0, 0.1) is 0 Å². The van der Waals surface area contributed by atoms with Gasteiger partial charge in [-0.25, -0.2) is 9.97 Å². The Hall–Kier alpha value is -2.63. The molecule has 0 spiro atoms. The molecule has 0 saturated heterocycles. The highest BCUT2D eigenvalue weighted by atomic mass is 35.5. The lowest BCUT2D eigenvalue weighted by Crippen LogP contribution is -2.31. The lowest BCUT2D eigenvalue weighted by Gasteiger charge is -2.29. The van der Waals surface area contributed by atoms with Gasteiger partial charge >= 0.3 is 0 Å². The van der Waals surface area contributed by atoms with Crippen molar-refractivity contribution in [1.29, 1.82) is 0 Å². The number of hydrogen-bond acceptors (Lipinski definition) is 5. The summed E-state index contributed by atoms with van der Waals surface area (Å²) in [6.45, 7) is 7.78. The summed E-state index contributed by atoms with van der Waals surface area (Å²) in [6, 6.07) is 13.8. The van der Waals surface area contributed by atoms with Crippen LogP contribution in [0.3, 0.4) is 0 Å². The summed E-state index contributed by atoms with van der Waals surface area (Å²) in [6.07, 6.45) is 2.85. The highest BCUT2D eigenvalue weighted by Gasteiger charge is 2.21. The lowest BCUT2D eigenvalue weighted by molar-refractivity contribution is 0.233. The van der Waals surface area contributed by atoms with Crippen molar-refractivity contribution in [2.45, 2.75) is 33.4 Å². The molecule has 0 radical (unpaired) electrons. The van der Waals surface area contributed by atoms with Gasteiger partial charge in [-0.15, -0.1) is 0 Å². The normalized spacial score (nSPS) is 13.7. The summed E-state index contributed by atoms with van der Waals surface area (Å²) < 4.78 is 11.7. The molecule has 1 aliphatic rings. The van der Waals surface area contributed by atoms with Crippen LogP contribution >= 0.6 is 11.6 Å². The van der Waals surface area contributed by atoms with E-state index >= 15 is 0 Å². The van der Waals surface area contributed by atoms with Crippen molar-refractivity contribution in [2.75, 3.05) is 19.8 Å². The number of ether oxygens (including phenoxy) is 2. The van der Waals surface area contributed by atoms with E-state index in [-0.39, 0.29) is 0 Å². The van der Waals surface area contributed by atoms with Crippen LogP contribution in [0.15, 0.2) is 48.7 Å². The predicted octanol–water partition coefficient (Wildman–Crippen LogP) is 5.15. The summed E-state index contributed by atoms with van der Waals surface area (Å²) >= 11 is 5.99. The molecule has 1 aromatic heterocycles. The van der Waals surface area contributed by atoms with Crippen LogP contribution in [0.1, 0.15) is 30.7 Å². The standard InChI is InChI=1S/C24H26ClN3O2/c1-3-29-22-7-5-6-18(23(22)30-4-2)15-28-13-12-21-19(16-28)14-26-24(27-21)17-8-10-20(25)11-9-17/h5-11,14H,3-4,12-13,15-16H2,1-2H3. The highest BCUT2D eigenvalue weighted by Crippen LogP contribution is 2.33. The van der Waals surface area contributed by atoms with Crippen LogP contribution in [-0.2, 0) is 19.5 Å². The predicted molar refractivity (Wildman–Crippen MR) is 119 cm³/mol. The van der Waals surface area contributed by atoms with E-state index in [1.54, 1.807) is 0 Å². The zero-order chi connectivity index (χ0) is 20.9. The van der Waals surface area contributed by atoms with Crippen LogP contribution < -0.4 is 9.47 Å². The van der Waals surface area contributed by atoms with Gasteiger partial charge in [0.25, 0.3) is 0 Å². The van der Waals surface area contributed by atoms with Crippen molar-refractivity contribution in [3.8, 4) is 22.9 Å². The fourth-order valence-corrected chi connectivity index (χ4v) is 3.88. The van der Waals surface area contributed by atoms with Gasteiger partial charge in [0.15, 0.2) is 17.3 Å². The van der Waals surface area contributed by atoms with Gasteiger partial charge < -0.3 is 9.47 Å². The molecule has 0 fully saturated rings. The van der Waals surface area contributed by atoms with E-state index in [1.807, 2.05) is 56.4 Å². The summed E-state index contributed by atoms with van der Waals surface area (Å²) in [5.74, 6) is 2.41. The van der Waals surface area contributed by atoms with E-state index in [9.17, 15) is 0 Å². The maximum absolute atomic E-state index is 5.99. The van der Waals surface area contributed by atoms with Crippen LogP contribution in [0.5, 0.6) is 11.5 Å². The molecule has 5 nitrogen and oxygen atoms in total. The van der Waals surface area contributed by atoms with Gasteiger partial charge in [-0.3, -0.25) is 4.90 Å². The first-order valence-electron chi connectivity index (χ1n) is 10.4. The average Bonchev–Trinajstić information content (AvgIpc) is 2.76. The smallest absolute Gasteiger partial charge is 0.165 e. The molecule has 0 bridgehead atoms. The number of fused-ring (bicyclic) bond motifs is 1. The number of rotatable bonds is 7. The summed E-state index contributed by atoms with van der Waals surface area (Å²) in [5, 5.41) is 0.715. The molecule has 0 unspecified atom stereocenters. The molecular formula is C24H26ClN3O2. The van der Waals surface area contributed by atoms with Gasteiger partial charge in [-0.2, -0.15) is 0 Å². The summed E-state index contributed by atoms with van der Waals surface area (Å²) in [5.41, 5.74) is 4.43. The van der Waals surface area contributed by atoms with E-state index in [4.69, 9.17) is 26.1 Å². The minimum absolute atomic E-state index is 0.612. The molecule has 0 N–H and O–H groups in total. The monoisotopic (exact) mass is 423 g/mol. The first-order chi connectivity index (χ1) is 14.7. The number of aromatic nitrogens is 2. The fourth-order valence-electron chi connectivity index (χ4n) is 3.75. The molecule has 0 saturated carbocycles. The molecule has 30 heavy (non-hydrogen) atoms. The van der Waals surface area contributed by atoms with Crippen LogP contribution in [0.2, 0.25) is 5.02 Å². The van der Waals surface area contributed by atoms with Gasteiger partial charge in [0.05, 0.1) is 18.9 Å². The van der Waals surface area contributed by atoms with Crippen LogP contribution in [0.25, 0.3) is 11.4 Å². The zero-order valence-corrected chi connectivity index (χ0v) is 18.2. The highest BCUT2D eigenvalue weighted by molar-refractivity contribution is 6.30. The first-order valence-corrected chi connectivity index (χ1v) is 10.8. The number of halogens is 1. The molecule has 1 aliphatic heterocycles. The van der Waals surface area contributed by atoms with E-state index < -0.39 is 0 Å². The van der Waals surface area contributed by atoms with E-state index in [0.29, 0.717) is 18.2 Å². The molecule has 2 heterocycles. The van der Waals surface area contributed by atoms with Crippen molar-refractivity contribution >= 4 is 11.6 Å². The van der Waals surface area contributed by atoms with Crippen molar-refractivity contribution in [3.63, 3.8) is 0 Å². The average molecular weight is 424 g/mol. The molecule has 0 amide bonds. The maximum Gasteiger partial charge on any atom is 0.165 e. The van der Waals surface area contributed by atoms with Gasteiger partial charge in [0.1, 0.15) is 0 Å². The second-order valence-electron chi connectivity index (χ2n) is 7.24. The Bertz CT molecular complexity index is 1010. The Labute approximate surface area is 182 Å². The third-order valence-corrected chi connectivity index (χ3v) is 5.41. The Morgan fingerprint density at radius 1 is 1.03 bits per heavy atom. The van der Waals surface area contributed by atoms with Gasteiger partial charge in [-0.05, 0) is 44.2 Å². The Kier molecular flexibility index (Phi) is 6.50. The van der Waals surface area contributed by atoms with Gasteiger partial charge in [0.2, 0.25) is 0 Å². The first kappa shape index (κ1) is 20.6. The maximum atomic E-state index is 5.99. The number of nitrogens with zero attached hydrogens (tertiary/aromatic N) is 3. The lowest BCUT2D eigenvalue weighted by atomic mass is 10.1. The molecule has 4 rings (SSSR count). The minimum atomic E-state index is 0.612. The largest absolute Gasteiger partial charge is 0.490 e. The molecule has 0 aliphatic carbocycles. The van der Waals surface area contributed by atoms with Gasteiger partial charge in [0, 0.05) is 54.0 Å². The molecule has 6 heteroatoms. The summed E-state index contributed by atoms with van der Waals surface area (Å²) in [7, 11) is 0. The number of para-hydroxylation sites is 1. The SMILES string of the molecule is CCOc1cccc(CN2CCc3nc(-c4ccc(Cl)cc4)ncc3C2)c1OCC. The Balaban J connectivity index is 1.51. The van der Waals surface area contributed by atoms with Crippen molar-refractivity contribution in [1.82, 2.24) is 14.9 Å². The molecule has 156 valence electrons. The topological polar surface area (TPSA) is 47.5 Å². The molecular weight excluding hydrogens is 398 g/mol. The molecule has 3 aromatic rings. The third kappa shape index (κ3) is 4.58. The van der Waals surface area contributed by atoms with E-state index in [0.717, 1.165) is 60.2 Å². The van der Waals surface area contributed by atoms with Crippen molar-refractivity contribution in [3.05, 3.63) is 70.5 Å².